The van der Waals surface area contributed by atoms with E-state index >= 15 is 0 Å². The van der Waals surface area contributed by atoms with Gasteiger partial charge in [-0.3, -0.25) is 4.79 Å². The Bertz CT molecular complexity index is 567. The van der Waals surface area contributed by atoms with Crippen LogP contribution in [0.5, 0.6) is 0 Å². The topological polar surface area (TPSA) is 92.5 Å². The summed E-state index contributed by atoms with van der Waals surface area (Å²) in [5.41, 5.74) is 5.44. The van der Waals surface area contributed by atoms with Crippen LogP contribution >= 0.6 is 11.3 Å². The van der Waals surface area contributed by atoms with Crippen LogP contribution in [0.3, 0.4) is 0 Å². The van der Waals surface area contributed by atoms with Crippen molar-refractivity contribution in [3.63, 3.8) is 0 Å². The van der Waals surface area contributed by atoms with E-state index in [2.05, 4.69) is 4.72 Å². The van der Waals surface area contributed by atoms with Crippen LogP contribution in [0.1, 0.15) is 20.8 Å². The number of likely N-dealkylation sites (N-methyl/N-ethyl adjacent to an activating group) is 1. The quantitative estimate of drug-likeness (QED) is 0.774. The molecule has 1 aromatic heterocycles. The van der Waals surface area contributed by atoms with E-state index in [4.69, 9.17) is 5.73 Å². The number of amides is 1. The number of thiophene rings is 1. The fourth-order valence-electron chi connectivity index (χ4n) is 1.87. The average molecular weight is 333 g/mol. The van der Waals surface area contributed by atoms with Crippen molar-refractivity contribution in [2.75, 3.05) is 20.1 Å². The number of carbonyl (C=O) groups excluding carboxylic acids is 1. The lowest BCUT2D eigenvalue weighted by atomic mass is 9.93. The molecule has 1 unspecified atom stereocenters. The number of nitrogens with two attached hydrogens (primary N) is 1. The van der Waals surface area contributed by atoms with Gasteiger partial charge in [-0.1, -0.05) is 19.9 Å². The van der Waals surface area contributed by atoms with Gasteiger partial charge in [0, 0.05) is 13.6 Å². The molecule has 1 heterocycles. The lowest BCUT2D eigenvalue weighted by Crippen LogP contribution is -2.48. The van der Waals surface area contributed by atoms with Crippen molar-refractivity contribution in [1.82, 2.24) is 9.62 Å². The number of nitrogens with one attached hydrogen (secondary N) is 1. The van der Waals surface area contributed by atoms with E-state index in [1.54, 1.807) is 25.4 Å². The van der Waals surface area contributed by atoms with Crippen LogP contribution < -0.4 is 10.5 Å². The van der Waals surface area contributed by atoms with Gasteiger partial charge in [0.15, 0.2) is 0 Å². The first-order valence-corrected chi connectivity index (χ1v) is 8.96. The molecule has 0 aliphatic carbocycles. The van der Waals surface area contributed by atoms with Crippen LogP contribution in [0.25, 0.3) is 0 Å². The molecule has 21 heavy (non-hydrogen) atoms. The predicted molar refractivity (Wildman–Crippen MR) is 84.6 cm³/mol. The Morgan fingerprint density at radius 3 is 2.62 bits per heavy atom. The number of nitrogens with zero attached hydrogens (tertiary/aromatic N) is 1. The summed E-state index contributed by atoms with van der Waals surface area (Å²) in [4.78, 5) is 13.8. The third kappa shape index (κ3) is 5.06. The smallest absolute Gasteiger partial charge is 0.250 e. The second kappa shape index (κ2) is 6.87. The number of hydrogen-bond acceptors (Lipinski definition) is 5. The number of rotatable bonds is 7. The maximum absolute atomic E-state index is 12.2. The molecule has 0 fully saturated rings. The van der Waals surface area contributed by atoms with Crippen LogP contribution in [0.15, 0.2) is 21.7 Å². The SMILES string of the molecule is CC(NS(=O)(=O)c1cccs1)C(=O)N(C)CC(C)(C)CN. The van der Waals surface area contributed by atoms with Gasteiger partial charge in [-0.15, -0.1) is 11.3 Å². The minimum Gasteiger partial charge on any atom is -0.344 e. The molecule has 1 aromatic rings. The zero-order valence-corrected chi connectivity index (χ0v) is 14.4. The number of sulfonamides is 1. The van der Waals surface area contributed by atoms with Gasteiger partial charge in [0.25, 0.3) is 10.0 Å². The van der Waals surface area contributed by atoms with Crippen molar-refractivity contribution in [3.05, 3.63) is 17.5 Å². The minimum absolute atomic E-state index is 0.201. The Kier molecular flexibility index (Phi) is 5.92. The second-order valence-corrected chi connectivity index (χ2v) is 8.73. The molecule has 0 aliphatic rings. The van der Waals surface area contributed by atoms with E-state index in [1.807, 2.05) is 13.8 Å². The first-order chi connectivity index (χ1) is 9.59. The highest BCUT2D eigenvalue weighted by Gasteiger charge is 2.27. The van der Waals surface area contributed by atoms with Gasteiger partial charge < -0.3 is 10.6 Å². The van der Waals surface area contributed by atoms with Crippen molar-refractivity contribution < 1.29 is 13.2 Å². The zero-order valence-electron chi connectivity index (χ0n) is 12.8. The lowest BCUT2D eigenvalue weighted by molar-refractivity contribution is -0.132. The summed E-state index contributed by atoms with van der Waals surface area (Å²) in [7, 11) is -2.00. The molecule has 0 saturated carbocycles. The van der Waals surface area contributed by atoms with Crippen LogP contribution in [-0.4, -0.2) is 45.4 Å². The number of carbonyl (C=O) groups is 1. The molecule has 0 aliphatic heterocycles. The van der Waals surface area contributed by atoms with E-state index in [0.29, 0.717) is 13.1 Å². The summed E-state index contributed by atoms with van der Waals surface area (Å²) < 4.78 is 26.8. The highest BCUT2D eigenvalue weighted by Crippen LogP contribution is 2.17. The summed E-state index contributed by atoms with van der Waals surface area (Å²) in [5.74, 6) is -0.281. The molecule has 0 saturated heterocycles. The standard InChI is InChI=1S/C13H23N3O3S2/c1-10(12(17)16(4)9-13(2,3)8-14)15-21(18,19)11-6-5-7-20-11/h5-7,10,15H,8-9,14H2,1-4H3. The summed E-state index contributed by atoms with van der Waals surface area (Å²) in [6, 6.07) is 2.34. The summed E-state index contributed by atoms with van der Waals surface area (Å²) in [5, 5.41) is 1.68. The maximum Gasteiger partial charge on any atom is 0.250 e. The Morgan fingerprint density at radius 2 is 2.14 bits per heavy atom. The Hall–Kier alpha value is -0.960. The monoisotopic (exact) mass is 333 g/mol. The molecule has 8 heteroatoms. The molecule has 1 rings (SSSR count). The van der Waals surface area contributed by atoms with Crippen molar-refractivity contribution in [1.29, 1.82) is 0 Å². The maximum atomic E-state index is 12.2. The predicted octanol–water partition coefficient (Wildman–Crippen LogP) is 0.858. The van der Waals surface area contributed by atoms with Gasteiger partial charge in [0.05, 0.1) is 6.04 Å². The Balaban J connectivity index is 2.71. The minimum atomic E-state index is -3.65. The van der Waals surface area contributed by atoms with Crippen LogP contribution in [0, 0.1) is 5.41 Å². The van der Waals surface area contributed by atoms with E-state index < -0.39 is 16.1 Å². The zero-order chi connectivity index (χ0) is 16.3. The first kappa shape index (κ1) is 18.1. The molecule has 120 valence electrons. The number of hydrogen-bond donors (Lipinski definition) is 2. The van der Waals surface area contributed by atoms with Gasteiger partial charge in [-0.2, -0.15) is 4.72 Å². The molecule has 0 radical (unpaired) electrons. The van der Waals surface area contributed by atoms with E-state index in [9.17, 15) is 13.2 Å². The van der Waals surface area contributed by atoms with E-state index in [1.165, 1.54) is 11.0 Å². The molecular formula is C13H23N3O3S2. The third-order valence-corrected chi connectivity index (χ3v) is 5.99. The van der Waals surface area contributed by atoms with Gasteiger partial charge in [0.2, 0.25) is 5.91 Å². The molecule has 3 N–H and O–H groups in total. The molecule has 1 amide bonds. The highest BCUT2D eigenvalue weighted by molar-refractivity contribution is 7.91. The summed E-state index contributed by atoms with van der Waals surface area (Å²) in [6.07, 6.45) is 0. The molecule has 0 spiro atoms. The average Bonchev–Trinajstić information content (AvgIpc) is 2.91. The van der Waals surface area contributed by atoms with Crippen molar-refractivity contribution in [2.24, 2.45) is 11.1 Å². The molecule has 0 aromatic carbocycles. The summed E-state index contributed by atoms with van der Waals surface area (Å²) in [6.45, 7) is 6.36. The van der Waals surface area contributed by atoms with Crippen LogP contribution in [0.4, 0.5) is 0 Å². The molecule has 6 nitrogen and oxygen atoms in total. The third-order valence-electron chi connectivity index (χ3n) is 3.06. The summed E-state index contributed by atoms with van der Waals surface area (Å²) >= 11 is 1.11. The fourth-order valence-corrected chi connectivity index (χ4v) is 4.08. The van der Waals surface area contributed by atoms with Crippen molar-refractivity contribution >= 4 is 27.3 Å². The fraction of sp³-hybridized carbons (Fsp3) is 0.615. The van der Waals surface area contributed by atoms with Gasteiger partial charge in [-0.05, 0) is 30.3 Å². The van der Waals surface area contributed by atoms with Gasteiger partial charge in [-0.25, -0.2) is 8.42 Å². The van der Waals surface area contributed by atoms with E-state index in [0.717, 1.165) is 11.3 Å². The molecule has 0 bridgehead atoms. The molecule has 1 atom stereocenters. The van der Waals surface area contributed by atoms with Crippen LogP contribution in [-0.2, 0) is 14.8 Å². The Labute approximate surface area is 130 Å². The van der Waals surface area contributed by atoms with E-state index in [-0.39, 0.29) is 15.5 Å². The lowest BCUT2D eigenvalue weighted by Gasteiger charge is -2.30. The second-order valence-electron chi connectivity index (χ2n) is 5.84. The van der Waals surface area contributed by atoms with Crippen LogP contribution in [0.2, 0.25) is 0 Å². The first-order valence-electron chi connectivity index (χ1n) is 6.60. The van der Waals surface area contributed by atoms with Crippen molar-refractivity contribution in [2.45, 2.75) is 31.0 Å². The van der Waals surface area contributed by atoms with Gasteiger partial charge in [0.1, 0.15) is 4.21 Å². The Morgan fingerprint density at radius 1 is 1.52 bits per heavy atom. The highest BCUT2D eigenvalue weighted by atomic mass is 32.2. The van der Waals surface area contributed by atoms with Crippen molar-refractivity contribution in [3.8, 4) is 0 Å². The molecular weight excluding hydrogens is 310 g/mol. The normalized spacial score (nSPS) is 14.0. The largest absolute Gasteiger partial charge is 0.344 e. The van der Waals surface area contributed by atoms with Gasteiger partial charge >= 0.3 is 0 Å².